The van der Waals surface area contributed by atoms with E-state index >= 15 is 0 Å². The molecular weight excluding hydrogens is 220 g/mol. The molecule has 0 aromatic heterocycles. The number of aryl methyl sites for hydroxylation is 2. The summed E-state index contributed by atoms with van der Waals surface area (Å²) in [5.74, 6) is 0.334. The standard InChI is InChI=1S/C17H24O/c1-2-3-4-5-6-10-17(18)16-12-11-14-8-7-9-15(14)13-16/h11-13H,2-10H2,1H3. The first-order chi connectivity index (χ1) is 8.81. The average Bonchev–Trinajstić information content (AvgIpc) is 2.85. The average molecular weight is 244 g/mol. The molecule has 0 spiro atoms. The predicted molar refractivity (Wildman–Crippen MR) is 76.2 cm³/mol. The van der Waals surface area contributed by atoms with Crippen LogP contribution in [0.3, 0.4) is 0 Å². The van der Waals surface area contributed by atoms with E-state index < -0.39 is 0 Å². The zero-order chi connectivity index (χ0) is 12.8. The number of benzene rings is 1. The van der Waals surface area contributed by atoms with Gasteiger partial charge in [-0.25, -0.2) is 0 Å². The molecule has 0 saturated carbocycles. The van der Waals surface area contributed by atoms with Crippen molar-refractivity contribution in [1.29, 1.82) is 0 Å². The van der Waals surface area contributed by atoms with E-state index in [0.717, 1.165) is 24.8 Å². The Morgan fingerprint density at radius 2 is 1.83 bits per heavy atom. The molecule has 0 heterocycles. The van der Waals surface area contributed by atoms with Gasteiger partial charge in [0.05, 0.1) is 0 Å². The van der Waals surface area contributed by atoms with Gasteiger partial charge in [0.1, 0.15) is 0 Å². The van der Waals surface area contributed by atoms with Crippen LogP contribution in [0.4, 0.5) is 0 Å². The Hall–Kier alpha value is -1.11. The first kappa shape index (κ1) is 13.3. The minimum absolute atomic E-state index is 0.334. The summed E-state index contributed by atoms with van der Waals surface area (Å²) in [6.45, 7) is 2.22. The van der Waals surface area contributed by atoms with Crippen molar-refractivity contribution in [1.82, 2.24) is 0 Å². The molecule has 0 bridgehead atoms. The second-order valence-electron chi connectivity index (χ2n) is 5.42. The molecule has 18 heavy (non-hydrogen) atoms. The summed E-state index contributed by atoms with van der Waals surface area (Å²) >= 11 is 0. The first-order valence-electron chi connectivity index (χ1n) is 7.46. The number of carbonyl (C=O) groups excluding carboxylic acids is 1. The number of rotatable bonds is 7. The second-order valence-corrected chi connectivity index (χ2v) is 5.42. The highest BCUT2D eigenvalue weighted by molar-refractivity contribution is 5.96. The maximum absolute atomic E-state index is 12.1. The number of ketones is 1. The van der Waals surface area contributed by atoms with Gasteiger partial charge >= 0.3 is 0 Å². The van der Waals surface area contributed by atoms with E-state index in [1.807, 2.05) is 6.07 Å². The van der Waals surface area contributed by atoms with Gasteiger partial charge in [-0.1, -0.05) is 44.7 Å². The van der Waals surface area contributed by atoms with Crippen LogP contribution in [0.25, 0.3) is 0 Å². The minimum Gasteiger partial charge on any atom is -0.294 e. The SMILES string of the molecule is CCCCCCCC(=O)c1ccc2c(c1)CCC2. The molecule has 0 aliphatic heterocycles. The van der Waals surface area contributed by atoms with Crippen LogP contribution in [0.5, 0.6) is 0 Å². The van der Waals surface area contributed by atoms with E-state index in [9.17, 15) is 4.79 Å². The lowest BCUT2D eigenvalue weighted by molar-refractivity contribution is 0.0979. The van der Waals surface area contributed by atoms with Gasteiger partial charge in [-0.15, -0.1) is 0 Å². The summed E-state index contributed by atoms with van der Waals surface area (Å²) in [5.41, 5.74) is 3.80. The molecule has 98 valence electrons. The monoisotopic (exact) mass is 244 g/mol. The molecule has 0 unspecified atom stereocenters. The Labute approximate surface area is 111 Å². The molecule has 0 N–H and O–H groups in total. The van der Waals surface area contributed by atoms with Crippen LogP contribution in [0, 0.1) is 0 Å². The highest BCUT2D eigenvalue weighted by Gasteiger charge is 2.13. The van der Waals surface area contributed by atoms with Gasteiger partial charge < -0.3 is 0 Å². The summed E-state index contributed by atoms with van der Waals surface area (Å²) in [4.78, 5) is 12.1. The fourth-order valence-corrected chi connectivity index (χ4v) is 2.78. The topological polar surface area (TPSA) is 17.1 Å². The summed E-state index contributed by atoms with van der Waals surface area (Å²) in [6, 6.07) is 6.32. The lowest BCUT2D eigenvalue weighted by Gasteiger charge is -2.04. The number of fused-ring (bicyclic) bond motifs is 1. The van der Waals surface area contributed by atoms with Crippen molar-refractivity contribution in [3.05, 3.63) is 34.9 Å². The predicted octanol–water partition coefficient (Wildman–Crippen LogP) is 4.72. The first-order valence-corrected chi connectivity index (χ1v) is 7.46. The molecule has 2 rings (SSSR count). The van der Waals surface area contributed by atoms with E-state index in [4.69, 9.17) is 0 Å². The molecule has 1 nitrogen and oxygen atoms in total. The fraction of sp³-hybridized carbons (Fsp3) is 0.588. The Balaban J connectivity index is 1.82. The Morgan fingerprint density at radius 3 is 2.67 bits per heavy atom. The molecule has 0 atom stereocenters. The van der Waals surface area contributed by atoms with Crippen LogP contribution in [0.1, 0.15) is 73.4 Å². The van der Waals surface area contributed by atoms with Gasteiger partial charge in [0.25, 0.3) is 0 Å². The summed E-state index contributed by atoms with van der Waals surface area (Å²) in [6.07, 6.45) is 10.4. The van der Waals surface area contributed by atoms with Gasteiger partial charge in [-0.3, -0.25) is 4.79 Å². The molecule has 0 radical (unpaired) electrons. The smallest absolute Gasteiger partial charge is 0.162 e. The van der Waals surface area contributed by atoms with Gasteiger partial charge in [-0.2, -0.15) is 0 Å². The third-order valence-corrected chi connectivity index (χ3v) is 3.93. The van der Waals surface area contributed by atoms with Crippen LogP contribution < -0.4 is 0 Å². The highest BCUT2D eigenvalue weighted by atomic mass is 16.1. The maximum Gasteiger partial charge on any atom is 0.162 e. The summed E-state index contributed by atoms with van der Waals surface area (Å²) in [7, 11) is 0. The van der Waals surface area contributed by atoms with Crippen molar-refractivity contribution in [2.24, 2.45) is 0 Å². The summed E-state index contributed by atoms with van der Waals surface area (Å²) in [5, 5.41) is 0. The molecule has 1 aromatic carbocycles. The number of hydrogen-bond acceptors (Lipinski definition) is 1. The lowest BCUT2D eigenvalue weighted by atomic mass is 10.00. The number of hydrogen-bond donors (Lipinski definition) is 0. The minimum atomic E-state index is 0.334. The van der Waals surface area contributed by atoms with Gasteiger partial charge in [0.2, 0.25) is 0 Å². The molecule has 1 aliphatic carbocycles. The zero-order valence-electron chi connectivity index (χ0n) is 11.5. The van der Waals surface area contributed by atoms with Gasteiger partial charge in [0, 0.05) is 12.0 Å². The molecule has 1 aliphatic rings. The lowest BCUT2D eigenvalue weighted by Crippen LogP contribution is -2.00. The number of carbonyl (C=O) groups is 1. The Bertz CT molecular complexity index is 406. The maximum atomic E-state index is 12.1. The van der Waals surface area contributed by atoms with Crippen molar-refractivity contribution in [2.75, 3.05) is 0 Å². The van der Waals surface area contributed by atoms with Crippen molar-refractivity contribution < 1.29 is 4.79 Å². The quantitative estimate of drug-likeness (QED) is 0.501. The van der Waals surface area contributed by atoms with E-state index in [1.165, 1.54) is 49.7 Å². The Morgan fingerprint density at radius 1 is 1.06 bits per heavy atom. The van der Waals surface area contributed by atoms with Crippen molar-refractivity contribution in [3.63, 3.8) is 0 Å². The molecular formula is C17H24O. The summed E-state index contributed by atoms with van der Waals surface area (Å²) < 4.78 is 0. The van der Waals surface area contributed by atoms with Crippen LogP contribution in [-0.2, 0) is 12.8 Å². The number of unbranched alkanes of at least 4 members (excludes halogenated alkanes) is 4. The third kappa shape index (κ3) is 3.44. The van der Waals surface area contributed by atoms with Crippen LogP contribution in [0.2, 0.25) is 0 Å². The molecule has 0 saturated heterocycles. The van der Waals surface area contributed by atoms with Crippen molar-refractivity contribution >= 4 is 5.78 Å². The van der Waals surface area contributed by atoms with Crippen LogP contribution in [-0.4, -0.2) is 5.78 Å². The third-order valence-electron chi connectivity index (χ3n) is 3.93. The van der Waals surface area contributed by atoms with E-state index in [-0.39, 0.29) is 0 Å². The van der Waals surface area contributed by atoms with Gasteiger partial charge in [-0.05, 0) is 42.9 Å². The van der Waals surface area contributed by atoms with E-state index in [0.29, 0.717) is 5.78 Å². The highest BCUT2D eigenvalue weighted by Crippen LogP contribution is 2.23. The molecule has 0 amide bonds. The Kier molecular flexibility index (Phi) is 4.98. The van der Waals surface area contributed by atoms with E-state index in [1.54, 1.807) is 0 Å². The molecule has 0 fully saturated rings. The number of Topliss-reactive ketones (excluding diaryl/α,β-unsaturated/α-hetero) is 1. The second kappa shape index (κ2) is 6.72. The van der Waals surface area contributed by atoms with Crippen LogP contribution >= 0.6 is 0 Å². The van der Waals surface area contributed by atoms with Gasteiger partial charge in [0.15, 0.2) is 5.78 Å². The largest absolute Gasteiger partial charge is 0.294 e. The normalized spacial score (nSPS) is 13.6. The van der Waals surface area contributed by atoms with Crippen molar-refractivity contribution in [2.45, 2.75) is 64.7 Å². The molecule has 1 heteroatoms. The molecule has 1 aromatic rings. The van der Waals surface area contributed by atoms with Crippen LogP contribution in [0.15, 0.2) is 18.2 Å². The zero-order valence-corrected chi connectivity index (χ0v) is 11.5. The van der Waals surface area contributed by atoms with Crippen molar-refractivity contribution in [3.8, 4) is 0 Å². The van der Waals surface area contributed by atoms with E-state index in [2.05, 4.69) is 19.1 Å². The fourth-order valence-electron chi connectivity index (χ4n) is 2.78.